The second-order valence-corrected chi connectivity index (χ2v) is 5.26. The predicted molar refractivity (Wildman–Crippen MR) is 61.9 cm³/mol. The van der Waals surface area contributed by atoms with Gasteiger partial charge in [0, 0.05) is 5.75 Å². The SMILES string of the molecule is Cc1nn(C2CSCC2C)c(N)c1Cl. The molecule has 0 saturated carbocycles. The van der Waals surface area contributed by atoms with Crippen LogP contribution in [0.25, 0.3) is 0 Å². The number of nitrogen functional groups attached to an aromatic ring is 1. The molecule has 0 aromatic carbocycles. The number of nitrogens with zero attached hydrogens (tertiary/aromatic N) is 2. The molecule has 5 heteroatoms. The fourth-order valence-electron chi connectivity index (χ4n) is 1.76. The number of hydrogen-bond acceptors (Lipinski definition) is 3. The van der Waals surface area contributed by atoms with E-state index in [0.717, 1.165) is 11.4 Å². The number of aryl methyl sites for hydroxylation is 1. The Morgan fingerprint density at radius 3 is 2.71 bits per heavy atom. The third kappa shape index (κ3) is 1.50. The number of aromatic nitrogens is 2. The molecule has 1 aromatic rings. The number of hydrogen-bond donors (Lipinski definition) is 1. The van der Waals surface area contributed by atoms with E-state index in [0.29, 0.717) is 22.8 Å². The second-order valence-electron chi connectivity index (χ2n) is 3.81. The van der Waals surface area contributed by atoms with Gasteiger partial charge in [0.1, 0.15) is 10.8 Å². The van der Waals surface area contributed by atoms with Gasteiger partial charge in [0.15, 0.2) is 0 Å². The van der Waals surface area contributed by atoms with Crippen LogP contribution in [0, 0.1) is 12.8 Å². The quantitative estimate of drug-likeness (QED) is 0.807. The zero-order valence-corrected chi connectivity index (χ0v) is 9.90. The van der Waals surface area contributed by atoms with Crippen LogP contribution in [-0.4, -0.2) is 21.3 Å². The van der Waals surface area contributed by atoms with Crippen LogP contribution in [0.2, 0.25) is 5.02 Å². The normalized spacial score (nSPS) is 27.1. The van der Waals surface area contributed by atoms with Crippen LogP contribution in [0.1, 0.15) is 18.7 Å². The summed E-state index contributed by atoms with van der Waals surface area (Å²) in [6, 6.07) is 0.409. The summed E-state index contributed by atoms with van der Waals surface area (Å²) in [7, 11) is 0. The molecule has 2 unspecified atom stereocenters. The van der Waals surface area contributed by atoms with Crippen molar-refractivity contribution in [3.63, 3.8) is 0 Å². The van der Waals surface area contributed by atoms with Gasteiger partial charge in [0.2, 0.25) is 0 Å². The Balaban J connectivity index is 2.36. The summed E-state index contributed by atoms with van der Waals surface area (Å²) in [6.45, 7) is 4.12. The number of nitrogens with two attached hydrogens (primary N) is 1. The van der Waals surface area contributed by atoms with Gasteiger partial charge in [-0.15, -0.1) is 0 Å². The van der Waals surface area contributed by atoms with E-state index in [1.54, 1.807) is 0 Å². The van der Waals surface area contributed by atoms with E-state index in [9.17, 15) is 0 Å². The van der Waals surface area contributed by atoms with Crippen LogP contribution >= 0.6 is 23.4 Å². The monoisotopic (exact) mass is 231 g/mol. The first-order valence-corrected chi connectivity index (χ1v) is 6.22. The van der Waals surface area contributed by atoms with Gasteiger partial charge in [-0.2, -0.15) is 16.9 Å². The predicted octanol–water partition coefficient (Wildman–Crippen LogP) is 2.35. The molecule has 0 amide bonds. The zero-order chi connectivity index (χ0) is 10.3. The molecule has 0 radical (unpaired) electrons. The highest BCUT2D eigenvalue weighted by Crippen LogP contribution is 2.36. The van der Waals surface area contributed by atoms with Gasteiger partial charge >= 0.3 is 0 Å². The van der Waals surface area contributed by atoms with Crippen molar-refractivity contribution in [1.29, 1.82) is 0 Å². The lowest BCUT2D eigenvalue weighted by Gasteiger charge is -2.16. The van der Waals surface area contributed by atoms with Gasteiger partial charge in [-0.3, -0.25) is 0 Å². The highest BCUT2D eigenvalue weighted by molar-refractivity contribution is 7.99. The Hall–Kier alpha value is -0.350. The van der Waals surface area contributed by atoms with E-state index in [2.05, 4.69) is 12.0 Å². The van der Waals surface area contributed by atoms with Gasteiger partial charge < -0.3 is 5.73 Å². The largest absolute Gasteiger partial charge is 0.383 e. The lowest BCUT2D eigenvalue weighted by Crippen LogP contribution is -2.18. The third-order valence-corrected chi connectivity index (χ3v) is 4.49. The van der Waals surface area contributed by atoms with E-state index in [1.807, 2.05) is 23.4 Å². The molecule has 0 spiro atoms. The summed E-state index contributed by atoms with van der Waals surface area (Å²) < 4.78 is 1.89. The van der Waals surface area contributed by atoms with Crippen molar-refractivity contribution in [3.05, 3.63) is 10.7 Å². The fraction of sp³-hybridized carbons (Fsp3) is 0.667. The highest BCUT2D eigenvalue weighted by atomic mass is 35.5. The summed E-state index contributed by atoms with van der Waals surface area (Å²) in [4.78, 5) is 0. The Kier molecular flexibility index (Phi) is 2.66. The Morgan fingerprint density at radius 2 is 2.29 bits per heavy atom. The average molecular weight is 232 g/mol. The van der Waals surface area contributed by atoms with Crippen LogP contribution in [0.3, 0.4) is 0 Å². The van der Waals surface area contributed by atoms with Gasteiger partial charge in [0.05, 0.1) is 11.7 Å². The molecule has 2 rings (SSSR count). The molecule has 0 aliphatic carbocycles. The van der Waals surface area contributed by atoms with Crippen molar-refractivity contribution in [2.45, 2.75) is 19.9 Å². The first-order chi connectivity index (χ1) is 6.61. The van der Waals surface area contributed by atoms with Gasteiger partial charge in [-0.1, -0.05) is 18.5 Å². The molecule has 78 valence electrons. The minimum atomic E-state index is 0.409. The van der Waals surface area contributed by atoms with Crippen molar-refractivity contribution in [2.75, 3.05) is 17.2 Å². The van der Waals surface area contributed by atoms with Gasteiger partial charge in [-0.05, 0) is 18.6 Å². The summed E-state index contributed by atoms with van der Waals surface area (Å²) in [5.74, 6) is 3.50. The number of thioether (sulfide) groups is 1. The Bertz CT molecular complexity index is 350. The van der Waals surface area contributed by atoms with Gasteiger partial charge in [0.25, 0.3) is 0 Å². The molecule has 0 bridgehead atoms. The molecule has 3 nitrogen and oxygen atoms in total. The maximum atomic E-state index is 6.01. The Labute approximate surface area is 93.0 Å². The molecule has 1 aliphatic rings. The molecule has 1 aliphatic heterocycles. The first kappa shape index (κ1) is 10.2. The minimum Gasteiger partial charge on any atom is -0.383 e. The van der Waals surface area contributed by atoms with Crippen LogP contribution < -0.4 is 5.73 Å². The topological polar surface area (TPSA) is 43.8 Å². The summed E-state index contributed by atoms with van der Waals surface area (Å²) in [6.07, 6.45) is 0. The lowest BCUT2D eigenvalue weighted by molar-refractivity contribution is 0.406. The van der Waals surface area contributed by atoms with E-state index in [-0.39, 0.29) is 0 Å². The van der Waals surface area contributed by atoms with Crippen LogP contribution in [0.5, 0.6) is 0 Å². The zero-order valence-electron chi connectivity index (χ0n) is 8.33. The molecular formula is C9H14ClN3S. The van der Waals surface area contributed by atoms with Crippen molar-refractivity contribution in [2.24, 2.45) is 5.92 Å². The highest BCUT2D eigenvalue weighted by Gasteiger charge is 2.28. The van der Waals surface area contributed by atoms with Crippen LogP contribution in [0.15, 0.2) is 0 Å². The molecular weight excluding hydrogens is 218 g/mol. The molecule has 14 heavy (non-hydrogen) atoms. The average Bonchev–Trinajstić information content (AvgIpc) is 2.66. The van der Waals surface area contributed by atoms with Crippen molar-refractivity contribution >= 4 is 29.2 Å². The number of rotatable bonds is 1. The van der Waals surface area contributed by atoms with Crippen LogP contribution in [0.4, 0.5) is 5.82 Å². The molecule has 2 N–H and O–H groups in total. The first-order valence-electron chi connectivity index (χ1n) is 4.69. The summed E-state index contributed by atoms with van der Waals surface area (Å²) >= 11 is 7.96. The van der Waals surface area contributed by atoms with Crippen molar-refractivity contribution in [3.8, 4) is 0 Å². The summed E-state index contributed by atoms with van der Waals surface area (Å²) in [5.41, 5.74) is 6.73. The fourth-order valence-corrected chi connectivity index (χ4v) is 3.33. The molecule has 1 saturated heterocycles. The molecule has 1 fully saturated rings. The van der Waals surface area contributed by atoms with E-state index < -0.39 is 0 Å². The second kappa shape index (κ2) is 3.66. The number of anilines is 1. The lowest BCUT2D eigenvalue weighted by atomic mass is 10.1. The smallest absolute Gasteiger partial charge is 0.141 e. The van der Waals surface area contributed by atoms with Gasteiger partial charge in [-0.25, -0.2) is 4.68 Å². The maximum Gasteiger partial charge on any atom is 0.141 e. The minimum absolute atomic E-state index is 0.409. The van der Waals surface area contributed by atoms with E-state index in [4.69, 9.17) is 17.3 Å². The number of halogens is 1. The molecule has 1 aromatic heterocycles. The van der Waals surface area contributed by atoms with Crippen molar-refractivity contribution < 1.29 is 0 Å². The maximum absolute atomic E-state index is 6.01. The van der Waals surface area contributed by atoms with Crippen molar-refractivity contribution in [1.82, 2.24) is 9.78 Å². The molecule has 2 heterocycles. The Morgan fingerprint density at radius 1 is 1.57 bits per heavy atom. The third-order valence-electron chi connectivity index (χ3n) is 2.69. The van der Waals surface area contributed by atoms with E-state index >= 15 is 0 Å². The van der Waals surface area contributed by atoms with E-state index in [1.165, 1.54) is 5.75 Å². The van der Waals surface area contributed by atoms with Crippen LogP contribution in [-0.2, 0) is 0 Å². The summed E-state index contributed by atoms with van der Waals surface area (Å²) in [5, 5.41) is 4.99. The standard InChI is InChI=1S/C9H14ClN3S/c1-5-3-14-4-7(5)13-9(11)8(10)6(2)12-13/h5,7H,3-4,11H2,1-2H3. The molecule has 2 atom stereocenters.